The molecule has 0 spiro atoms. The normalized spacial score (nSPS) is 14.6. The van der Waals surface area contributed by atoms with Crippen molar-refractivity contribution in [2.75, 3.05) is 18.0 Å². The van der Waals surface area contributed by atoms with Crippen molar-refractivity contribution in [3.05, 3.63) is 72.1 Å². The van der Waals surface area contributed by atoms with Crippen LogP contribution in [0.15, 0.2) is 55.0 Å². The summed E-state index contributed by atoms with van der Waals surface area (Å²) in [5.74, 6) is 0.0980. The third-order valence-corrected chi connectivity index (χ3v) is 5.58. The van der Waals surface area contributed by atoms with Crippen LogP contribution in [-0.4, -0.2) is 40.0 Å². The van der Waals surface area contributed by atoms with E-state index < -0.39 is 5.82 Å². The number of piperidine rings is 1. The molecule has 31 heavy (non-hydrogen) atoms. The van der Waals surface area contributed by atoms with Crippen LogP contribution < -0.4 is 10.2 Å². The maximum absolute atomic E-state index is 13.8. The van der Waals surface area contributed by atoms with Gasteiger partial charge in [0.15, 0.2) is 0 Å². The molecule has 1 amide bonds. The summed E-state index contributed by atoms with van der Waals surface area (Å²) in [6, 6.07) is 9.99. The Kier molecular flexibility index (Phi) is 6.21. The standard InChI is InChI=1S/C24H26FN5O/c1-16(2)22-20(17-7-11-26-12-8-17)15-27-24(29-22)30-13-9-18(10-14-30)28-23(31)19-5-3-4-6-21(19)25/h3-8,11-12,15-16,18H,9-10,13-14H2,1-2H3,(H,28,31). The first-order valence-electron chi connectivity index (χ1n) is 10.6. The second kappa shape index (κ2) is 9.20. The minimum atomic E-state index is -0.499. The van der Waals surface area contributed by atoms with E-state index in [0.717, 1.165) is 42.8 Å². The van der Waals surface area contributed by atoms with Crippen molar-refractivity contribution < 1.29 is 9.18 Å². The molecule has 3 heterocycles. The molecule has 0 saturated carbocycles. The molecule has 1 N–H and O–H groups in total. The summed E-state index contributed by atoms with van der Waals surface area (Å²) in [6.45, 7) is 5.71. The van der Waals surface area contributed by atoms with E-state index in [1.54, 1.807) is 24.5 Å². The number of nitrogens with zero attached hydrogens (tertiary/aromatic N) is 4. The number of rotatable bonds is 5. The van der Waals surface area contributed by atoms with Gasteiger partial charge >= 0.3 is 0 Å². The van der Waals surface area contributed by atoms with Crippen LogP contribution in [0.1, 0.15) is 48.7 Å². The number of amides is 1. The largest absolute Gasteiger partial charge is 0.349 e. The average Bonchev–Trinajstić information content (AvgIpc) is 2.80. The van der Waals surface area contributed by atoms with Crippen LogP contribution in [0.5, 0.6) is 0 Å². The Morgan fingerprint density at radius 3 is 2.52 bits per heavy atom. The fourth-order valence-corrected chi connectivity index (χ4v) is 3.86. The number of benzene rings is 1. The quantitative estimate of drug-likeness (QED) is 0.671. The van der Waals surface area contributed by atoms with E-state index in [2.05, 4.69) is 34.0 Å². The van der Waals surface area contributed by atoms with Crippen molar-refractivity contribution in [2.45, 2.75) is 38.6 Å². The average molecular weight is 420 g/mol. The number of anilines is 1. The fourth-order valence-electron chi connectivity index (χ4n) is 3.86. The summed E-state index contributed by atoms with van der Waals surface area (Å²) < 4.78 is 13.8. The van der Waals surface area contributed by atoms with Gasteiger partial charge in [0.1, 0.15) is 5.82 Å². The highest BCUT2D eigenvalue weighted by molar-refractivity contribution is 5.94. The molecule has 4 rings (SSSR count). The van der Waals surface area contributed by atoms with Gasteiger partial charge in [0.2, 0.25) is 5.95 Å². The van der Waals surface area contributed by atoms with E-state index in [1.807, 2.05) is 18.3 Å². The number of carbonyl (C=O) groups is 1. The molecular weight excluding hydrogens is 393 g/mol. The topological polar surface area (TPSA) is 71.0 Å². The summed E-state index contributed by atoms with van der Waals surface area (Å²) in [5, 5.41) is 2.96. The molecule has 0 bridgehead atoms. The van der Waals surface area contributed by atoms with Crippen molar-refractivity contribution in [1.29, 1.82) is 0 Å². The SMILES string of the molecule is CC(C)c1nc(N2CCC(NC(=O)c3ccccc3F)CC2)ncc1-c1ccncc1. The molecule has 6 nitrogen and oxygen atoms in total. The van der Waals surface area contributed by atoms with Gasteiger partial charge in [0, 0.05) is 43.3 Å². The summed E-state index contributed by atoms with van der Waals surface area (Å²) >= 11 is 0. The van der Waals surface area contributed by atoms with E-state index >= 15 is 0 Å². The van der Waals surface area contributed by atoms with Crippen molar-refractivity contribution in [2.24, 2.45) is 0 Å². The molecule has 0 radical (unpaired) electrons. The molecule has 2 aromatic heterocycles. The molecule has 1 aliphatic heterocycles. The predicted molar refractivity (Wildman–Crippen MR) is 118 cm³/mol. The Morgan fingerprint density at radius 2 is 1.84 bits per heavy atom. The predicted octanol–water partition coefficient (Wildman–Crippen LogP) is 4.20. The number of hydrogen-bond acceptors (Lipinski definition) is 5. The van der Waals surface area contributed by atoms with Crippen LogP contribution in [0.2, 0.25) is 0 Å². The Morgan fingerprint density at radius 1 is 1.13 bits per heavy atom. The Hall–Kier alpha value is -3.35. The molecule has 0 aliphatic carbocycles. The minimum Gasteiger partial charge on any atom is -0.349 e. The molecule has 1 saturated heterocycles. The number of halogens is 1. The number of nitrogens with one attached hydrogen (secondary N) is 1. The maximum atomic E-state index is 13.8. The summed E-state index contributed by atoms with van der Waals surface area (Å²) in [7, 11) is 0. The zero-order valence-corrected chi connectivity index (χ0v) is 17.8. The number of carbonyl (C=O) groups excluding carboxylic acids is 1. The van der Waals surface area contributed by atoms with Crippen LogP contribution in [0.4, 0.5) is 10.3 Å². The highest BCUT2D eigenvalue weighted by atomic mass is 19.1. The number of aromatic nitrogens is 3. The lowest BCUT2D eigenvalue weighted by molar-refractivity contribution is 0.0927. The van der Waals surface area contributed by atoms with Crippen LogP contribution in [0, 0.1) is 5.82 Å². The Bertz CT molecular complexity index is 1050. The molecule has 0 atom stereocenters. The fraction of sp³-hybridized carbons (Fsp3) is 0.333. The van der Waals surface area contributed by atoms with Gasteiger partial charge in [0.25, 0.3) is 5.91 Å². The van der Waals surface area contributed by atoms with Crippen LogP contribution in [-0.2, 0) is 0 Å². The van der Waals surface area contributed by atoms with Crippen LogP contribution in [0.25, 0.3) is 11.1 Å². The molecule has 0 unspecified atom stereocenters. The summed E-state index contributed by atoms with van der Waals surface area (Å²) in [6.07, 6.45) is 6.94. The van der Waals surface area contributed by atoms with E-state index in [0.29, 0.717) is 5.95 Å². The van der Waals surface area contributed by atoms with E-state index in [4.69, 9.17) is 4.98 Å². The van der Waals surface area contributed by atoms with Gasteiger partial charge < -0.3 is 10.2 Å². The first-order valence-corrected chi connectivity index (χ1v) is 10.6. The van der Waals surface area contributed by atoms with Gasteiger partial charge in [-0.15, -0.1) is 0 Å². The highest BCUT2D eigenvalue weighted by Gasteiger charge is 2.24. The van der Waals surface area contributed by atoms with Gasteiger partial charge in [0.05, 0.1) is 11.3 Å². The second-order valence-electron chi connectivity index (χ2n) is 8.07. The molecule has 3 aromatic rings. The van der Waals surface area contributed by atoms with Crippen LogP contribution >= 0.6 is 0 Å². The van der Waals surface area contributed by atoms with Crippen molar-refractivity contribution in [3.63, 3.8) is 0 Å². The lowest BCUT2D eigenvalue weighted by atomic mass is 10.00. The maximum Gasteiger partial charge on any atom is 0.254 e. The van der Waals surface area contributed by atoms with Gasteiger partial charge in [-0.25, -0.2) is 14.4 Å². The molecule has 1 aliphatic rings. The third-order valence-electron chi connectivity index (χ3n) is 5.58. The smallest absolute Gasteiger partial charge is 0.254 e. The van der Waals surface area contributed by atoms with Crippen molar-refractivity contribution in [1.82, 2.24) is 20.3 Å². The third kappa shape index (κ3) is 4.71. The first-order chi connectivity index (χ1) is 15.0. The summed E-state index contributed by atoms with van der Waals surface area (Å²) in [5.41, 5.74) is 3.17. The first kappa shape index (κ1) is 20.9. The van der Waals surface area contributed by atoms with Crippen LogP contribution in [0.3, 0.4) is 0 Å². The van der Waals surface area contributed by atoms with Gasteiger partial charge in [-0.05, 0) is 48.6 Å². The monoisotopic (exact) mass is 419 g/mol. The van der Waals surface area contributed by atoms with Crippen molar-refractivity contribution in [3.8, 4) is 11.1 Å². The molecular formula is C24H26FN5O. The zero-order valence-electron chi connectivity index (χ0n) is 17.8. The van der Waals surface area contributed by atoms with E-state index in [-0.39, 0.29) is 23.4 Å². The van der Waals surface area contributed by atoms with Gasteiger partial charge in [-0.3, -0.25) is 9.78 Å². The zero-order chi connectivity index (χ0) is 21.8. The minimum absolute atomic E-state index is 0.00372. The van der Waals surface area contributed by atoms with E-state index in [1.165, 1.54) is 12.1 Å². The van der Waals surface area contributed by atoms with Crippen molar-refractivity contribution >= 4 is 11.9 Å². The second-order valence-corrected chi connectivity index (χ2v) is 8.07. The Balaban J connectivity index is 1.43. The lowest BCUT2D eigenvalue weighted by Gasteiger charge is -2.32. The molecule has 1 fully saturated rings. The molecule has 7 heteroatoms. The van der Waals surface area contributed by atoms with Gasteiger partial charge in [-0.1, -0.05) is 26.0 Å². The molecule has 1 aromatic carbocycles. The molecule has 160 valence electrons. The Labute approximate surface area is 181 Å². The summed E-state index contributed by atoms with van der Waals surface area (Å²) in [4.78, 5) is 28.1. The lowest BCUT2D eigenvalue weighted by Crippen LogP contribution is -2.45. The number of pyridine rings is 1. The number of hydrogen-bond donors (Lipinski definition) is 1. The van der Waals surface area contributed by atoms with Gasteiger partial charge in [-0.2, -0.15) is 0 Å². The van der Waals surface area contributed by atoms with E-state index in [9.17, 15) is 9.18 Å². The highest BCUT2D eigenvalue weighted by Crippen LogP contribution is 2.29.